The highest BCUT2D eigenvalue weighted by atomic mass is 32.1. The molecule has 0 aliphatic heterocycles. The van der Waals surface area contributed by atoms with Gasteiger partial charge in [-0.2, -0.15) is 0 Å². The molecule has 0 aliphatic carbocycles. The average Bonchev–Trinajstić information content (AvgIpc) is 2.61. The molecule has 16 heavy (non-hydrogen) atoms. The number of nitrogens with zero attached hydrogens (tertiary/aromatic N) is 2. The van der Waals surface area contributed by atoms with Gasteiger partial charge < -0.3 is 10.2 Å². The van der Waals surface area contributed by atoms with Crippen molar-refractivity contribution in [2.75, 3.05) is 32.5 Å². The van der Waals surface area contributed by atoms with Crippen LogP contribution in [0.2, 0.25) is 0 Å². The number of thiazole rings is 1. The molecule has 2 rings (SSSR count). The van der Waals surface area contributed by atoms with Crippen LogP contribution in [-0.2, 0) is 0 Å². The minimum absolute atomic E-state index is 0.255. The highest BCUT2D eigenvalue weighted by Crippen LogP contribution is 2.27. The Bertz CT molecular complexity index is 481. The van der Waals surface area contributed by atoms with E-state index in [0.29, 0.717) is 5.52 Å². The number of fused-ring (bicyclic) bond motifs is 1. The maximum atomic E-state index is 13.4. The molecule has 0 amide bonds. The van der Waals surface area contributed by atoms with Crippen LogP contribution in [0.1, 0.15) is 0 Å². The zero-order valence-corrected chi connectivity index (χ0v) is 10.1. The van der Waals surface area contributed by atoms with Crippen LogP contribution in [0.15, 0.2) is 18.2 Å². The van der Waals surface area contributed by atoms with Crippen LogP contribution in [0.5, 0.6) is 0 Å². The second-order valence-electron chi connectivity index (χ2n) is 3.84. The fourth-order valence-corrected chi connectivity index (χ4v) is 2.28. The first kappa shape index (κ1) is 11.3. The maximum Gasteiger partial charge on any atom is 0.183 e. The third-order valence-corrected chi connectivity index (χ3v) is 3.18. The van der Waals surface area contributed by atoms with Gasteiger partial charge >= 0.3 is 0 Å². The monoisotopic (exact) mass is 239 g/mol. The summed E-state index contributed by atoms with van der Waals surface area (Å²) in [5, 5.41) is 3.97. The Kier molecular flexibility index (Phi) is 3.36. The molecule has 0 bridgehead atoms. The molecule has 1 aromatic heterocycles. The number of likely N-dealkylation sites (N-methyl/N-ethyl adjacent to an activating group) is 1. The second kappa shape index (κ2) is 4.76. The molecule has 0 unspecified atom stereocenters. The van der Waals surface area contributed by atoms with E-state index in [0.717, 1.165) is 22.9 Å². The first-order valence-electron chi connectivity index (χ1n) is 5.10. The molecule has 1 aromatic carbocycles. The zero-order chi connectivity index (χ0) is 11.5. The van der Waals surface area contributed by atoms with Crippen LogP contribution in [0.25, 0.3) is 10.2 Å². The zero-order valence-electron chi connectivity index (χ0n) is 9.33. The third-order valence-electron chi connectivity index (χ3n) is 2.20. The first-order valence-corrected chi connectivity index (χ1v) is 5.92. The number of halogens is 1. The van der Waals surface area contributed by atoms with E-state index >= 15 is 0 Å². The molecule has 0 fully saturated rings. The number of para-hydroxylation sites is 1. The van der Waals surface area contributed by atoms with Crippen molar-refractivity contribution in [2.45, 2.75) is 0 Å². The third kappa shape index (κ3) is 2.48. The number of hydrogen-bond donors (Lipinski definition) is 1. The lowest BCUT2D eigenvalue weighted by atomic mass is 10.3. The topological polar surface area (TPSA) is 28.2 Å². The minimum atomic E-state index is -0.255. The highest BCUT2D eigenvalue weighted by Gasteiger charge is 2.06. The summed E-state index contributed by atoms with van der Waals surface area (Å²) in [6.45, 7) is 1.74. The van der Waals surface area contributed by atoms with Crippen molar-refractivity contribution in [3.05, 3.63) is 24.0 Å². The number of aromatic nitrogens is 1. The van der Waals surface area contributed by atoms with Crippen molar-refractivity contribution in [1.29, 1.82) is 0 Å². The molecular formula is C11H14FN3S. The molecule has 2 aromatic rings. The van der Waals surface area contributed by atoms with Gasteiger partial charge in [0.1, 0.15) is 11.3 Å². The molecule has 0 saturated carbocycles. The van der Waals surface area contributed by atoms with Gasteiger partial charge in [-0.3, -0.25) is 0 Å². The van der Waals surface area contributed by atoms with E-state index in [1.807, 2.05) is 20.2 Å². The fourth-order valence-electron chi connectivity index (χ4n) is 1.38. The van der Waals surface area contributed by atoms with Gasteiger partial charge in [-0.25, -0.2) is 9.37 Å². The van der Waals surface area contributed by atoms with Crippen LogP contribution in [0.3, 0.4) is 0 Å². The Morgan fingerprint density at radius 2 is 2.25 bits per heavy atom. The van der Waals surface area contributed by atoms with Gasteiger partial charge in [0.15, 0.2) is 5.13 Å². The molecule has 0 spiro atoms. The Morgan fingerprint density at radius 1 is 1.44 bits per heavy atom. The second-order valence-corrected chi connectivity index (χ2v) is 4.87. The predicted molar refractivity (Wildman–Crippen MR) is 66.6 cm³/mol. The molecule has 0 aliphatic rings. The van der Waals surface area contributed by atoms with Crippen molar-refractivity contribution in [3.63, 3.8) is 0 Å². The number of hydrogen-bond acceptors (Lipinski definition) is 4. The number of anilines is 1. The standard InChI is InChI=1S/C11H14FN3S/c1-15(2)7-6-13-11-14-10-8(12)4-3-5-9(10)16-11/h3-5H,6-7H2,1-2H3,(H,13,14). The maximum absolute atomic E-state index is 13.4. The normalized spacial score (nSPS) is 11.2. The largest absolute Gasteiger partial charge is 0.360 e. The van der Waals surface area contributed by atoms with Crippen molar-refractivity contribution in [3.8, 4) is 0 Å². The average molecular weight is 239 g/mol. The van der Waals surface area contributed by atoms with E-state index in [2.05, 4.69) is 15.2 Å². The highest BCUT2D eigenvalue weighted by molar-refractivity contribution is 7.22. The van der Waals surface area contributed by atoms with Crippen molar-refractivity contribution in [2.24, 2.45) is 0 Å². The van der Waals surface area contributed by atoms with Gasteiger partial charge in [-0.1, -0.05) is 17.4 Å². The van der Waals surface area contributed by atoms with E-state index < -0.39 is 0 Å². The van der Waals surface area contributed by atoms with E-state index in [9.17, 15) is 4.39 Å². The van der Waals surface area contributed by atoms with E-state index in [4.69, 9.17) is 0 Å². The van der Waals surface area contributed by atoms with Crippen LogP contribution in [0.4, 0.5) is 9.52 Å². The molecule has 0 atom stereocenters. The molecule has 5 heteroatoms. The van der Waals surface area contributed by atoms with Gasteiger partial charge in [0, 0.05) is 13.1 Å². The van der Waals surface area contributed by atoms with E-state index in [1.165, 1.54) is 17.4 Å². The summed E-state index contributed by atoms with van der Waals surface area (Å²) in [6, 6.07) is 5.03. The summed E-state index contributed by atoms with van der Waals surface area (Å²) >= 11 is 1.48. The Hall–Kier alpha value is -1.20. The lowest BCUT2D eigenvalue weighted by Gasteiger charge is -2.08. The summed E-state index contributed by atoms with van der Waals surface area (Å²) in [6.07, 6.45) is 0. The van der Waals surface area contributed by atoms with Gasteiger partial charge in [-0.15, -0.1) is 0 Å². The molecule has 3 nitrogen and oxygen atoms in total. The van der Waals surface area contributed by atoms with E-state index in [-0.39, 0.29) is 5.82 Å². The Labute approximate surface area is 97.9 Å². The van der Waals surface area contributed by atoms with Crippen LogP contribution >= 0.6 is 11.3 Å². The summed E-state index contributed by atoms with van der Waals surface area (Å²) in [4.78, 5) is 6.31. The van der Waals surface area contributed by atoms with Gasteiger partial charge in [0.25, 0.3) is 0 Å². The van der Waals surface area contributed by atoms with Crippen LogP contribution < -0.4 is 5.32 Å². The van der Waals surface area contributed by atoms with Gasteiger partial charge in [-0.05, 0) is 26.2 Å². The lowest BCUT2D eigenvalue weighted by Crippen LogP contribution is -2.20. The van der Waals surface area contributed by atoms with Crippen molar-refractivity contribution >= 4 is 26.7 Å². The quantitative estimate of drug-likeness (QED) is 0.888. The smallest absolute Gasteiger partial charge is 0.183 e. The SMILES string of the molecule is CN(C)CCNc1nc2c(F)cccc2s1. The van der Waals surface area contributed by atoms with Crippen LogP contribution in [0, 0.1) is 5.82 Å². The fraction of sp³-hybridized carbons (Fsp3) is 0.364. The lowest BCUT2D eigenvalue weighted by molar-refractivity contribution is 0.425. The van der Waals surface area contributed by atoms with Gasteiger partial charge in [0.2, 0.25) is 0 Å². The molecular weight excluding hydrogens is 225 g/mol. The number of benzene rings is 1. The molecule has 1 heterocycles. The summed E-state index contributed by atoms with van der Waals surface area (Å²) in [5.41, 5.74) is 0.458. The number of rotatable bonds is 4. The van der Waals surface area contributed by atoms with E-state index in [1.54, 1.807) is 6.07 Å². The Balaban J connectivity index is 2.11. The predicted octanol–water partition coefficient (Wildman–Crippen LogP) is 2.41. The summed E-state index contributed by atoms with van der Waals surface area (Å²) in [5.74, 6) is -0.255. The molecule has 0 saturated heterocycles. The molecule has 0 radical (unpaired) electrons. The molecule has 1 N–H and O–H groups in total. The summed E-state index contributed by atoms with van der Waals surface area (Å²) < 4.78 is 14.2. The van der Waals surface area contributed by atoms with Gasteiger partial charge in [0.05, 0.1) is 4.70 Å². The van der Waals surface area contributed by atoms with Crippen LogP contribution in [-0.4, -0.2) is 37.1 Å². The minimum Gasteiger partial charge on any atom is -0.360 e. The summed E-state index contributed by atoms with van der Waals surface area (Å²) in [7, 11) is 4.03. The number of nitrogens with one attached hydrogen (secondary N) is 1. The van der Waals surface area contributed by atoms with Crippen molar-refractivity contribution < 1.29 is 4.39 Å². The molecule has 86 valence electrons. The first-order chi connectivity index (χ1) is 7.66. The van der Waals surface area contributed by atoms with Crippen molar-refractivity contribution in [1.82, 2.24) is 9.88 Å². The Morgan fingerprint density at radius 3 is 2.94 bits per heavy atom.